The molecule has 0 unspecified atom stereocenters. The predicted octanol–water partition coefficient (Wildman–Crippen LogP) is 3.31. The van der Waals surface area contributed by atoms with Crippen LogP contribution in [0.3, 0.4) is 0 Å². The van der Waals surface area contributed by atoms with Crippen LogP contribution >= 0.6 is 0 Å². The Kier molecular flexibility index (Phi) is 5.16. The summed E-state index contributed by atoms with van der Waals surface area (Å²) in [6.45, 7) is 1.21. The number of anilines is 1. The average Bonchev–Trinajstić information content (AvgIpc) is 3.35. The molecule has 1 amide bonds. The molecule has 2 atom stereocenters. The number of carbonyl (C=O) groups excluding carboxylic acids is 1. The smallest absolute Gasteiger partial charge is 0.231 e. The van der Waals surface area contributed by atoms with Gasteiger partial charge < -0.3 is 25.3 Å². The zero-order valence-electron chi connectivity index (χ0n) is 15.1. The summed E-state index contributed by atoms with van der Waals surface area (Å²) in [4.78, 5) is 12.6. The first-order valence-corrected chi connectivity index (χ1v) is 9.35. The fourth-order valence-electron chi connectivity index (χ4n) is 3.77. The first-order chi connectivity index (χ1) is 13.2. The van der Waals surface area contributed by atoms with Crippen LogP contribution in [-0.2, 0) is 11.4 Å². The van der Waals surface area contributed by atoms with Crippen LogP contribution in [0, 0.1) is 11.8 Å². The van der Waals surface area contributed by atoms with Gasteiger partial charge in [-0.1, -0.05) is 18.6 Å². The van der Waals surface area contributed by atoms with Crippen LogP contribution in [0.25, 0.3) is 0 Å². The number of nitrogens with one attached hydrogen (secondary N) is 1. The Morgan fingerprint density at radius 3 is 2.93 bits per heavy atom. The molecule has 1 aliphatic heterocycles. The Balaban J connectivity index is 1.37. The van der Waals surface area contributed by atoms with Crippen molar-refractivity contribution in [2.24, 2.45) is 17.6 Å². The second-order valence-electron chi connectivity index (χ2n) is 7.03. The van der Waals surface area contributed by atoms with Crippen molar-refractivity contribution >= 4 is 11.6 Å². The lowest BCUT2D eigenvalue weighted by Crippen LogP contribution is -2.29. The SMILES string of the molecule is NC[C@H]1CCC[C@H]1C(=O)Nc1cccc(COc2ccc3c(c2)OCO3)c1. The summed E-state index contributed by atoms with van der Waals surface area (Å²) in [6.07, 6.45) is 3.03. The second-order valence-corrected chi connectivity index (χ2v) is 7.03. The first-order valence-electron chi connectivity index (χ1n) is 9.35. The van der Waals surface area contributed by atoms with Gasteiger partial charge in [0.25, 0.3) is 0 Å². The first kappa shape index (κ1) is 17.7. The van der Waals surface area contributed by atoms with Crippen molar-refractivity contribution in [2.45, 2.75) is 25.9 Å². The molecule has 0 radical (unpaired) electrons. The Hall–Kier alpha value is -2.73. The molecule has 1 aliphatic carbocycles. The molecule has 0 bridgehead atoms. The highest BCUT2D eigenvalue weighted by atomic mass is 16.7. The van der Waals surface area contributed by atoms with Crippen molar-refractivity contribution in [3.8, 4) is 17.2 Å². The summed E-state index contributed by atoms with van der Waals surface area (Å²) in [5, 5.41) is 3.03. The van der Waals surface area contributed by atoms with Gasteiger partial charge in [0.2, 0.25) is 12.7 Å². The summed E-state index contributed by atoms with van der Waals surface area (Å²) < 4.78 is 16.5. The lowest BCUT2D eigenvalue weighted by atomic mass is 9.95. The molecule has 0 aromatic heterocycles. The zero-order valence-corrected chi connectivity index (χ0v) is 15.1. The van der Waals surface area contributed by atoms with Crippen LogP contribution in [0.4, 0.5) is 5.69 Å². The van der Waals surface area contributed by atoms with E-state index in [1.807, 2.05) is 42.5 Å². The van der Waals surface area contributed by atoms with Crippen molar-refractivity contribution in [1.29, 1.82) is 0 Å². The maximum Gasteiger partial charge on any atom is 0.231 e. The summed E-state index contributed by atoms with van der Waals surface area (Å²) >= 11 is 0. The number of carbonyl (C=O) groups is 1. The molecule has 4 rings (SSSR count). The third-order valence-electron chi connectivity index (χ3n) is 5.24. The van der Waals surface area contributed by atoms with E-state index in [-0.39, 0.29) is 18.6 Å². The molecule has 1 saturated carbocycles. The molecule has 6 nitrogen and oxygen atoms in total. The number of rotatable bonds is 6. The molecular formula is C21H24N2O4. The Morgan fingerprint density at radius 2 is 2.04 bits per heavy atom. The van der Waals surface area contributed by atoms with E-state index in [2.05, 4.69) is 5.32 Å². The molecule has 2 aromatic rings. The largest absolute Gasteiger partial charge is 0.489 e. The fraction of sp³-hybridized carbons (Fsp3) is 0.381. The van der Waals surface area contributed by atoms with Gasteiger partial charge in [-0.2, -0.15) is 0 Å². The molecule has 6 heteroatoms. The van der Waals surface area contributed by atoms with Gasteiger partial charge in [-0.05, 0) is 55.1 Å². The molecule has 1 heterocycles. The van der Waals surface area contributed by atoms with Gasteiger partial charge in [-0.15, -0.1) is 0 Å². The summed E-state index contributed by atoms with van der Waals surface area (Å²) in [5.41, 5.74) is 7.56. The van der Waals surface area contributed by atoms with E-state index in [4.69, 9.17) is 19.9 Å². The number of ether oxygens (including phenoxy) is 3. The van der Waals surface area contributed by atoms with Crippen LogP contribution in [-0.4, -0.2) is 19.2 Å². The minimum atomic E-state index is 0.0172. The molecule has 2 aliphatic rings. The highest BCUT2D eigenvalue weighted by molar-refractivity contribution is 5.93. The maximum absolute atomic E-state index is 12.6. The predicted molar refractivity (Wildman–Crippen MR) is 102 cm³/mol. The van der Waals surface area contributed by atoms with Gasteiger partial charge in [-0.25, -0.2) is 0 Å². The van der Waals surface area contributed by atoms with E-state index in [1.165, 1.54) is 0 Å². The van der Waals surface area contributed by atoms with Crippen molar-refractivity contribution in [2.75, 3.05) is 18.7 Å². The van der Waals surface area contributed by atoms with Crippen molar-refractivity contribution in [3.05, 3.63) is 48.0 Å². The standard InChI is InChI=1S/C21H24N2O4/c22-11-15-4-2-6-18(15)21(24)23-16-5-1-3-14(9-16)12-25-17-7-8-19-20(10-17)27-13-26-19/h1,3,5,7-10,15,18H,2,4,6,11-13,22H2,(H,23,24)/t15-,18-/m1/s1. The Morgan fingerprint density at radius 1 is 1.15 bits per heavy atom. The number of benzene rings is 2. The van der Waals surface area contributed by atoms with E-state index in [0.717, 1.165) is 36.3 Å². The maximum atomic E-state index is 12.6. The second kappa shape index (κ2) is 7.88. The van der Waals surface area contributed by atoms with Crippen molar-refractivity contribution in [3.63, 3.8) is 0 Å². The summed E-state index contributed by atoms with van der Waals surface area (Å²) in [6, 6.07) is 13.2. The minimum Gasteiger partial charge on any atom is -0.489 e. The van der Waals surface area contributed by atoms with Crippen LogP contribution in [0.1, 0.15) is 24.8 Å². The summed E-state index contributed by atoms with van der Waals surface area (Å²) in [7, 11) is 0. The van der Waals surface area contributed by atoms with E-state index >= 15 is 0 Å². The van der Waals surface area contributed by atoms with E-state index in [0.29, 0.717) is 30.6 Å². The zero-order chi connectivity index (χ0) is 18.6. The number of fused-ring (bicyclic) bond motifs is 1. The third-order valence-corrected chi connectivity index (χ3v) is 5.24. The van der Waals surface area contributed by atoms with Crippen LogP contribution in [0.5, 0.6) is 17.2 Å². The average molecular weight is 368 g/mol. The fourth-order valence-corrected chi connectivity index (χ4v) is 3.77. The third kappa shape index (κ3) is 4.01. The van der Waals surface area contributed by atoms with Gasteiger partial charge in [0.05, 0.1) is 0 Å². The van der Waals surface area contributed by atoms with Crippen molar-refractivity contribution < 1.29 is 19.0 Å². The van der Waals surface area contributed by atoms with Gasteiger partial charge in [0, 0.05) is 17.7 Å². The van der Waals surface area contributed by atoms with Crippen LogP contribution in [0.15, 0.2) is 42.5 Å². The number of hydrogen-bond acceptors (Lipinski definition) is 5. The normalized spacial score (nSPS) is 20.5. The van der Waals surface area contributed by atoms with Crippen molar-refractivity contribution in [1.82, 2.24) is 0 Å². The Labute approximate surface area is 158 Å². The van der Waals surface area contributed by atoms with Gasteiger partial charge in [0.1, 0.15) is 12.4 Å². The number of nitrogens with two attached hydrogens (primary N) is 1. The quantitative estimate of drug-likeness (QED) is 0.817. The van der Waals surface area contributed by atoms with Crippen LogP contribution < -0.4 is 25.3 Å². The number of amides is 1. The van der Waals surface area contributed by atoms with Gasteiger partial charge >= 0.3 is 0 Å². The molecule has 3 N–H and O–H groups in total. The minimum absolute atomic E-state index is 0.0172. The molecule has 0 spiro atoms. The molecular weight excluding hydrogens is 344 g/mol. The molecule has 27 heavy (non-hydrogen) atoms. The molecule has 1 fully saturated rings. The number of hydrogen-bond donors (Lipinski definition) is 2. The highest BCUT2D eigenvalue weighted by Gasteiger charge is 2.31. The molecule has 0 saturated heterocycles. The van der Waals surface area contributed by atoms with E-state index in [9.17, 15) is 4.79 Å². The lowest BCUT2D eigenvalue weighted by molar-refractivity contribution is -0.120. The lowest BCUT2D eigenvalue weighted by Gasteiger charge is -2.17. The van der Waals surface area contributed by atoms with Crippen LogP contribution in [0.2, 0.25) is 0 Å². The molecule has 2 aromatic carbocycles. The van der Waals surface area contributed by atoms with Gasteiger partial charge in [-0.3, -0.25) is 4.79 Å². The van der Waals surface area contributed by atoms with E-state index < -0.39 is 0 Å². The topological polar surface area (TPSA) is 82.8 Å². The summed E-state index contributed by atoms with van der Waals surface area (Å²) in [5.74, 6) is 2.52. The monoisotopic (exact) mass is 368 g/mol. The van der Waals surface area contributed by atoms with E-state index in [1.54, 1.807) is 0 Å². The highest BCUT2D eigenvalue weighted by Crippen LogP contribution is 2.35. The Bertz CT molecular complexity index is 824. The van der Waals surface area contributed by atoms with Gasteiger partial charge in [0.15, 0.2) is 11.5 Å². The molecule has 142 valence electrons.